The molecule has 8 heteroatoms. The molecular formula is C20H23FN6O. The van der Waals surface area contributed by atoms with Crippen molar-refractivity contribution in [1.29, 1.82) is 0 Å². The van der Waals surface area contributed by atoms with Crippen molar-refractivity contribution in [3.8, 4) is 0 Å². The zero-order valence-electron chi connectivity index (χ0n) is 15.9. The molecule has 5 rings (SSSR count). The number of hydrogen-bond acceptors (Lipinski definition) is 6. The van der Waals surface area contributed by atoms with Gasteiger partial charge in [-0.1, -0.05) is 0 Å². The Bertz CT molecular complexity index is 1080. The summed E-state index contributed by atoms with van der Waals surface area (Å²) >= 11 is 0. The molecule has 2 atom stereocenters. The van der Waals surface area contributed by atoms with Gasteiger partial charge in [-0.05, 0) is 44.9 Å². The van der Waals surface area contributed by atoms with Gasteiger partial charge in [0.05, 0.1) is 29.9 Å². The van der Waals surface area contributed by atoms with Crippen molar-refractivity contribution in [2.75, 3.05) is 6.61 Å². The van der Waals surface area contributed by atoms with Crippen molar-refractivity contribution >= 4 is 21.9 Å². The number of ether oxygens (including phenoxy) is 1. The molecule has 7 nitrogen and oxygen atoms in total. The van der Waals surface area contributed by atoms with Crippen LogP contribution >= 0.6 is 0 Å². The zero-order chi connectivity index (χ0) is 19.3. The Morgan fingerprint density at radius 1 is 1.32 bits per heavy atom. The molecular weight excluding hydrogens is 359 g/mol. The number of halogens is 1. The molecule has 146 valence electrons. The predicted molar refractivity (Wildman–Crippen MR) is 104 cm³/mol. The molecule has 1 saturated heterocycles. The maximum absolute atomic E-state index is 14.1. The number of pyridine rings is 1. The van der Waals surface area contributed by atoms with Gasteiger partial charge in [0, 0.05) is 29.9 Å². The molecule has 1 unspecified atom stereocenters. The molecule has 2 aliphatic heterocycles. The number of hydrazine groups is 2. The molecule has 1 aromatic carbocycles. The smallest absolute Gasteiger partial charge is 0.131 e. The lowest BCUT2D eigenvalue weighted by molar-refractivity contribution is 0.00589. The third kappa shape index (κ3) is 2.98. The summed E-state index contributed by atoms with van der Waals surface area (Å²) in [5.41, 5.74) is 9.76. The number of imidazole rings is 1. The first-order valence-electron chi connectivity index (χ1n) is 9.62. The monoisotopic (exact) mass is 382 g/mol. The van der Waals surface area contributed by atoms with Gasteiger partial charge in [-0.3, -0.25) is 9.99 Å². The number of hydrogen-bond donors (Lipinski definition) is 2. The largest absolute Gasteiger partial charge is 0.378 e. The Hall–Kier alpha value is -2.71. The van der Waals surface area contributed by atoms with Crippen LogP contribution in [0.25, 0.3) is 21.9 Å². The normalized spacial score (nSPS) is 22.7. The number of nitrogens with one attached hydrogen (secondary N) is 2. The standard InChI is InChI=1S/C20H23FN6O/c1-12-10-26(25-24-12)11-19-23-18-9-22-17-4-3-14(21)8-16(17)20(18)27(19)15-5-6-28-13(2)7-15/h3-4,8-10,13,15,24-25H,5-7,11H2,1-2H3/t13-,15?/m1/s1. The van der Waals surface area contributed by atoms with E-state index in [1.54, 1.807) is 18.3 Å². The Morgan fingerprint density at radius 3 is 3.00 bits per heavy atom. The van der Waals surface area contributed by atoms with E-state index in [2.05, 4.69) is 27.4 Å². The fraction of sp³-hybridized carbons (Fsp3) is 0.400. The fourth-order valence-corrected chi connectivity index (χ4v) is 4.21. The van der Waals surface area contributed by atoms with Crippen LogP contribution in [-0.2, 0) is 11.3 Å². The van der Waals surface area contributed by atoms with E-state index in [-0.39, 0.29) is 18.0 Å². The summed E-state index contributed by atoms with van der Waals surface area (Å²) in [6.07, 6.45) is 5.78. The number of rotatable bonds is 3. The van der Waals surface area contributed by atoms with Crippen LogP contribution in [0.15, 0.2) is 36.3 Å². The number of aromatic nitrogens is 3. The molecule has 2 N–H and O–H groups in total. The molecule has 0 radical (unpaired) electrons. The second kappa shape index (κ2) is 6.72. The molecule has 4 heterocycles. The molecule has 28 heavy (non-hydrogen) atoms. The van der Waals surface area contributed by atoms with E-state index in [1.165, 1.54) is 6.07 Å². The third-order valence-corrected chi connectivity index (χ3v) is 5.43. The van der Waals surface area contributed by atoms with Crippen LogP contribution in [-0.4, -0.2) is 32.3 Å². The van der Waals surface area contributed by atoms with Crippen molar-refractivity contribution < 1.29 is 9.13 Å². The minimum Gasteiger partial charge on any atom is -0.378 e. The molecule has 0 aliphatic carbocycles. The van der Waals surface area contributed by atoms with Gasteiger partial charge in [0.25, 0.3) is 0 Å². The molecule has 0 bridgehead atoms. The number of benzene rings is 1. The van der Waals surface area contributed by atoms with Crippen molar-refractivity contribution in [3.63, 3.8) is 0 Å². The fourth-order valence-electron chi connectivity index (χ4n) is 4.21. The lowest BCUT2D eigenvalue weighted by atomic mass is 10.0. The lowest BCUT2D eigenvalue weighted by Crippen LogP contribution is -2.37. The number of allylic oxidation sites excluding steroid dienone is 1. The summed E-state index contributed by atoms with van der Waals surface area (Å²) in [6, 6.07) is 4.99. The first-order valence-corrected chi connectivity index (χ1v) is 9.62. The van der Waals surface area contributed by atoms with Gasteiger partial charge in [-0.25, -0.2) is 9.37 Å². The second-order valence-electron chi connectivity index (χ2n) is 7.59. The van der Waals surface area contributed by atoms with E-state index < -0.39 is 0 Å². The summed E-state index contributed by atoms with van der Waals surface area (Å²) in [4.78, 5) is 9.37. The average molecular weight is 382 g/mol. The van der Waals surface area contributed by atoms with E-state index in [9.17, 15) is 4.39 Å². The number of nitrogens with zero attached hydrogens (tertiary/aromatic N) is 4. The van der Waals surface area contributed by atoms with E-state index in [1.807, 2.05) is 18.1 Å². The van der Waals surface area contributed by atoms with E-state index >= 15 is 0 Å². The van der Waals surface area contributed by atoms with Crippen LogP contribution in [0.1, 0.15) is 38.6 Å². The molecule has 1 fully saturated rings. The highest BCUT2D eigenvalue weighted by atomic mass is 19.1. The molecule has 3 aromatic rings. The van der Waals surface area contributed by atoms with Crippen LogP contribution < -0.4 is 11.0 Å². The third-order valence-electron chi connectivity index (χ3n) is 5.43. The van der Waals surface area contributed by atoms with Gasteiger partial charge in [0.1, 0.15) is 17.2 Å². The van der Waals surface area contributed by atoms with Crippen molar-refractivity contribution in [2.45, 2.75) is 45.4 Å². The average Bonchev–Trinajstić information content (AvgIpc) is 3.25. The molecule has 0 spiro atoms. The van der Waals surface area contributed by atoms with Crippen molar-refractivity contribution in [2.24, 2.45) is 0 Å². The second-order valence-corrected chi connectivity index (χ2v) is 7.59. The number of fused-ring (bicyclic) bond motifs is 3. The van der Waals surface area contributed by atoms with Crippen LogP contribution in [0.3, 0.4) is 0 Å². The summed E-state index contributed by atoms with van der Waals surface area (Å²) in [6.45, 7) is 5.39. The Morgan fingerprint density at radius 2 is 2.21 bits per heavy atom. The summed E-state index contributed by atoms with van der Waals surface area (Å²) in [5.74, 6) is 0.660. The quantitative estimate of drug-likeness (QED) is 0.725. The van der Waals surface area contributed by atoms with Crippen LogP contribution in [0.5, 0.6) is 0 Å². The summed E-state index contributed by atoms with van der Waals surface area (Å²) in [7, 11) is 0. The highest BCUT2D eigenvalue weighted by Gasteiger charge is 2.27. The highest BCUT2D eigenvalue weighted by molar-refractivity contribution is 6.02. The topological polar surface area (TPSA) is 67.2 Å². The van der Waals surface area contributed by atoms with Gasteiger partial charge in [-0.15, -0.1) is 5.53 Å². The molecule has 0 amide bonds. The Labute approximate surface area is 162 Å². The molecule has 2 aromatic heterocycles. The van der Waals surface area contributed by atoms with Crippen LogP contribution in [0.4, 0.5) is 4.39 Å². The van der Waals surface area contributed by atoms with Gasteiger partial charge in [0.2, 0.25) is 0 Å². The van der Waals surface area contributed by atoms with Gasteiger partial charge >= 0.3 is 0 Å². The van der Waals surface area contributed by atoms with Crippen LogP contribution in [0, 0.1) is 5.82 Å². The first-order chi connectivity index (χ1) is 13.6. The zero-order valence-corrected chi connectivity index (χ0v) is 15.9. The SMILES string of the molecule is CC1=CN(Cc2nc3cnc4ccc(F)cc4c3n2C2CCO[C@H](C)C2)NN1. The van der Waals surface area contributed by atoms with E-state index in [0.29, 0.717) is 13.2 Å². The predicted octanol–water partition coefficient (Wildman–Crippen LogP) is 3.15. The Balaban J connectivity index is 1.70. The van der Waals surface area contributed by atoms with Crippen molar-refractivity contribution in [3.05, 3.63) is 47.9 Å². The van der Waals surface area contributed by atoms with E-state index in [0.717, 1.165) is 46.3 Å². The van der Waals surface area contributed by atoms with E-state index in [4.69, 9.17) is 9.72 Å². The van der Waals surface area contributed by atoms with Gasteiger partial charge < -0.3 is 14.7 Å². The van der Waals surface area contributed by atoms with Gasteiger partial charge in [-0.2, -0.15) is 0 Å². The highest BCUT2D eigenvalue weighted by Crippen LogP contribution is 2.34. The van der Waals surface area contributed by atoms with Crippen LogP contribution in [0.2, 0.25) is 0 Å². The minimum absolute atomic E-state index is 0.183. The summed E-state index contributed by atoms with van der Waals surface area (Å²) < 4.78 is 22.1. The van der Waals surface area contributed by atoms with Crippen molar-refractivity contribution in [1.82, 2.24) is 30.5 Å². The van der Waals surface area contributed by atoms with Gasteiger partial charge in [0.15, 0.2) is 0 Å². The maximum Gasteiger partial charge on any atom is 0.131 e. The minimum atomic E-state index is -0.264. The maximum atomic E-state index is 14.1. The summed E-state index contributed by atoms with van der Waals surface area (Å²) in [5, 5.41) is 2.76. The lowest BCUT2D eigenvalue weighted by Gasteiger charge is -2.30. The Kier molecular flexibility index (Phi) is 4.17. The first kappa shape index (κ1) is 17.4. The molecule has 0 saturated carbocycles. The molecule has 2 aliphatic rings.